The third kappa shape index (κ3) is 7.01. The van der Waals surface area contributed by atoms with E-state index < -0.39 is 11.7 Å². The van der Waals surface area contributed by atoms with Gasteiger partial charge in [-0.05, 0) is 52.9 Å². The van der Waals surface area contributed by atoms with Gasteiger partial charge < -0.3 is 29.4 Å². The van der Waals surface area contributed by atoms with Gasteiger partial charge in [0.25, 0.3) is 0 Å². The Morgan fingerprint density at radius 3 is 2.38 bits per heavy atom. The van der Waals surface area contributed by atoms with E-state index in [0.29, 0.717) is 35.3 Å². The van der Waals surface area contributed by atoms with Crippen molar-refractivity contribution in [1.82, 2.24) is 5.32 Å². The molecule has 0 aliphatic heterocycles. The van der Waals surface area contributed by atoms with Crippen molar-refractivity contribution in [3.05, 3.63) is 129 Å². The Kier molecular flexibility index (Phi) is 9.56. The fourth-order valence-electron chi connectivity index (χ4n) is 4.68. The van der Waals surface area contributed by atoms with Gasteiger partial charge >= 0.3 is 5.63 Å². The lowest BCUT2D eigenvalue weighted by Crippen LogP contribution is -2.35. The lowest BCUT2D eigenvalue weighted by Gasteiger charge is -2.19. The molecule has 0 saturated heterocycles. The predicted molar refractivity (Wildman–Crippen MR) is 164 cm³/mol. The molecule has 0 spiro atoms. The summed E-state index contributed by atoms with van der Waals surface area (Å²) in [5.41, 5.74) is 6.04. The fourth-order valence-corrected chi connectivity index (χ4v) is 4.92. The first kappa shape index (κ1) is 29.4. The van der Waals surface area contributed by atoms with Crippen molar-refractivity contribution in [2.75, 3.05) is 13.2 Å². The molecule has 0 bridgehead atoms. The Balaban J connectivity index is 1.39. The first-order valence-corrected chi connectivity index (χ1v) is 14.0. The van der Waals surface area contributed by atoms with Gasteiger partial charge in [0.1, 0.15) is 30.3 Å². The summed E-state index contributed by atoms with van der Waals surface area (Å²) in [6.07, 6.45) is 0. The van der Waals surface area contributed by atoms with Gasteiger partial charge in [0.15, 0.2) is 0 Å². The van der Waals surface area contributed by atoms with Crippen LogP contribution in [0.15, 0.2) is 100 Å². The third-order valence-electron chi connectivity index (χ3n) is 7.13. The zero-order valence-corrected chi connectivity index (χ0v) is 23.9. The summed E-state index contributed by atoms with van der Waals surface area (Å²) in [5, 5.41) is 23.3. The van der Waals surface area contributed by atoms with Crippen LogP contribution in [0, 0.1) is 6.92 Å². The van der Waals surface area contributed by atoms with Crippen molar-refractivity contribution in [3.8, 4) is 22.6 Å². The summed E-state index contributed by atoms with van der Waals surface area (Å²) >= 11 is 6.67. The van der Waals surface area contributed by atoms with Gasteiger partial charge in [-0.2, -0.15) is 0 Å². The zero-order chi connectivity index (χ0) is 29.5. The third-order valence-corrected chi connectivity index (χ3v) is 7.43. The molecule has 0 atom stereocenters. The molecule has 5 aromatic rings. The smallest absolute Gasteiger partial charge is 0.336 e. The van der Waals surface area contributed by atoms with E-state index in [2.05, 4.69) is 30.4 Å². The average molecular weight is 586 g/mol. The van der Waals surface area contributed by atoms with E-state index in [4.69, 9.17) is 25.5 Å². The number of hydrogen-bond acceptors (Lipinski definition) is 7. The SMILES string of the molecule is Cc1c(COc2cc(OCc3ccc4ccc(=O)oc4c3)c(CNC(CO)CO)cc2Cl)cccc1-c1ccccc1. The van der Waals surface area contributed by atoms with Crippen molar-refractivity contribution < 1.29 is 24.1 Å². The maximum absolute atomic E-state index is 11.7. The Morgan fingerprint density at radius 2 is 1.60 bits per heavy atom. The number of hydrogen-bond donors (Lipinski definition) is 3. The fraction of sp³-hybridized carbons (Fsp3) is 0.206. The van der Waals surface area contributed by atoms with Crippen LogP contribution in [0.25, 0.3) is 22.1 Å². The Morgan fingerprint density at radius 1 is 0.833 bits per heavy atom. The molecule has 1 aromatic heterocycles. The van der Waals surface area contributed by atoms with Crippen molar-refractivity contribution >= 4 is 22.6 Å². The molecular weight excluding hydrogens is 554 g/mol. The lowest BCUT2D eigenvalue weighted by molar-refractivity contribution is 0.170. The van der Waals surface area contributed by atoms with E-state index >= 15 is 0 Å². The largest absolute Gasteiger partial charge is 0.488 e. The molecule has 0 fully saturated rings. The maximum atomic E-state index is 11.7. The second kappa shape index (κ2) is 13.7. The van der Waals surface area contributed by atoms with E-state index in [-0.39, 0.29) is 19.8 Å². The Bertz CT molecular complexity index is 1720. The Labute approximate surface area is 248 Å². The second-order valence-electron chi connectivity index (χ2n) is 9.99. The van der Waals surface area contributed by atoms with Gasteiger partial charge in [0.2, 0.25) is 0 Å². The van der Waals surface area contributed by atoms with Crippen molar-refractivity contribution in [3.63, 3.8) is 0 Å². The van der Waals surface area contributed by atoms with E-state index in [1.807, 2.05) is 42.5 Å². The number of aliphatic hydroxyl groups excluding tert-OH is 2. The normalized spacial score (nSPS) is 11.3. The molecule has 216 valence electrons. The molecule has 3 N–H and O–H groups in total. The predicted octanol–water partition coefficient (Wildman–Crippen LogP) is 6.02. The maximum Gasteiger partial charge on any atom is 0.336 e. The average Bonchev–Trinajstić information content (AvgIpc) is 3.01. The summed E-state index contributed by atoms with van der Waals surface area (Å²) in [6.45, 7) is 2.45. The van der Waals surface area contributed by atoms with E-state index in [1.165, 1.54) is 6.07 Å². The minimum absolute atomic E-state index is 0.199. The highest BCUT2D eigenvalue weighted by Crippen LogP contribution is 2.35. The molecular formula is C34H32ClNO6. The van der Waals surface area contributed by atoms with E-state index in [1.54, 1.807) is 24.3 Å². The Hall–Kier alpha value is -4.14. The minimum atomic E-state index is -0.490. The first-order valence-electron chi connectivity index (χ1n) is 13.6. The van der Waals surface area contributed by atoms with Crippen LogP contribution in [0.5, 0.6) is 11.5 Å². The molecule has 0 aliphatic carbocycles. The van der Waals surface area contributed by atoms with Crippen LogP contribution in [-0.4, -0.2) is 29.5 Å². The van der Waals surface area contributed by atoms with Gasteiger partial charge in [0, 0.05) is 29.6 Å². The molecule has 5 rings (SSSR count). The van der Waals surface area contributed by atoms with Gasteiger partial charge in [0.05, 0.1) is 24.3 Å². The zero-order valence-electron chi connectivity index (χ0n) is 23.2. The highest BCUT2D eigenvalue weighted by atomic mass is 35.5. The van der Waals surface area contributed by atoms with Crippen molar-refractivity contribution in [1.29, 1.82) is 0 Å². The van der Waals surface area contributed by atoms with Crippen molar-refractivity contribution in [2.24, 2.45) is 0 Å². The lowest BCUT2D eigenvalue weighted by atomic mass is 9.97. The quantitative estimate of drug-likeness (QED) is 0.154. The number of rotatable bonds is 12. The molecule has 7 nitrogen and oxygen atoms in total. The van der Waals surface area contributed by atoms with Crippen LogP contribution in [0.1, 0.15) is 22.3 Å². The number of nitrogens with one attached hydrogen (secondary N) is 1. The molecule has 42 heavy (non-hydrogen) atoms. The number of ether oxygens (including phenoxy) is 2. The number of aliphatic hydroxyl groups is 2. The molecule has 0 saturated carbocycles. The molecule has 0 unspecified atom stereocenters. The molecule has 1 heterocycles. The molecule has 4 aromatic carbocycles. The van der Waals surface area contributed by atoms with Crippen LogP contribution < -0.4 is 20.4 Å². The molecule has 8 heteroatoms. The van der Waals surface area contributed by atoms with Crippen LogP contribution in [0.2, 0.25) is 5.02 Å². The van der Waals surface area contributed by atoms with Crippen LogP contribution >= 0.6 is 11.6 Å². The summed E-state index contributed by atoms with van der Waals surface area (Å²) in [5.74, 6) is 0.992. The standard InChI is InChI=1S/C34H32ClNO6/c1-22-26(8-5-9-29(22)24-6-3-2-4-7-24)21-41-33-16-31(27(15-30(33)35)17-36-28(18-37)19-38)40-20-23-10-11-25-12-13-34(39)42-32(25)14-23/h2-16,28,36-38H,17-21H2,1H3. The molecule has 0 radical (unpaired) electrons. The van der Waals surface area contributed by atoms with Gasteiger partial charge in [-0.1, -0.05) is 72.3 Å². The van der Waals surface area contributed by atoms with Crippen LogP contribution in [-0.2, 0) is 19.8 Å². The van der Waals surface area contributed by atoms with E-state index in [9.17, 15) is 15.0 Å². The molecule has 0 aliphatic rings. The topological polar surface area (TPSA) is 101 Å². The summed E-state index contributed by atoms with van der Waals surface area (Å²) in [6, 6.07) is 28.0. The highest BCUT2D eigenvalue weighted by Gasteiger charge is 2.15. The highest BCUT2D eigenvalue weighted by molar-refractivity contribution is 6.32. The molecule has 0 amide bonds. The second-order valence-corrected chi connectivity index (χ2v) is 10.4. The minimum Gasteiger partial charge on any atom is -0.488 e. The summed E-state index contributed by atoms with van der Waals surface area (Å²) in [4.78, 5) is 11.7. The van der Waals surface area contributed by atoms with Gasteiger partial charge in [-0.3, -0.25) is 0 Å². The summed E-state index contributed by atoms with van der Waals surface area (Å²) in [7, 11) is 0. The number of fused-ring (bicyclic) bond motifs is 1. The van der Waals surface area contributed by atoms with E-state index in [0.717, 1.165) is 38.8 Å². The summed E-state index contributed by atoms with van der Waals surface area (Å²) < 4.78 is 17.8. The number of benzene rings is 4. The monoisotopic (exact) mass is 585 g/mol. The van der Waals surface area contributed by atoms with Crippen LogP contribution in [0.4, 0.5) is 0 Å². The number of halogens is 1. The van der Waals surface area contributed by atoms with Gasteiger partial charge in [-0.25, -0.2) is 4.79 Å². The van der Waals surface area contributed by atoms with Crippen LogP contribution in [0.3, 0.4) is 0 Å². The first-order chi connectivity index (χ1) is 20.4. The van der Waals surface area contributed by atoms with Gasteiger partial charge in [-0.15, -0.1) is 0 Å². The van der Waals surface area contributed by atoms with Crippen molar-refractivity contribution in [2.45, 2.75) is 32.7 Å².